The topological polar surface area (TPSA) is 87.1 Å². The Morgan fingerprint density at radius 3 is 1.75 bits per heavy atom. The van der Waals surface area contributed by atoms with Gasteiger partial charge in [-0.1, -0.05) is 17.7 Å². The molecule has 20 heavy (non-hydrogen) atoms. The van der Waals surface area contributed by atoms with E-state index in [1.54, 1.807) is 12.1 Å². The summed E-state index contributed by atoms with van der Waals surface area (Å²) in [6.45, 7) is 7.09. The lowest BCUT2D eigenvalue weighted by Gasteiger charge is -2.39. The van der Waals surface area contributed by atoms with Crippen LogP contribution in [0.4, 0.5) is 0 Å². The maximum Gasteiger partial charge on any atom is 0.313 e. The van der Waals surface area contributed by atoms with E-state index in [1.807, 2.05) is 6.92 Å². The number of aryl methyl sites for hydroxylation is 1. The highest BCUT2D eigenvalue weighted by atomic mass is 32.2. The van der Waals surface area contributed by atoms with Gasteiger partial charge in [-0.25, -0.2) is 0 Å². The van der Waals surface area contributed by atoms with Crippen LogP contribution in [0.2, 0.25) is 0 Å². The SMILES string of the molecule is Cc1ccc(S(=O)(=O)ON(C(C)(C)O)C(C)(C)O)cc1. The van der Waals surface area contributed by atoms with Crippen molar-refractivity contribution in [3.8, 4) is 0 Å². The number of hydroxylamine groups is 2. The normalized spacial score (nSPS) is 13.8. The lowest BCUT2D eigenvalue weighted by molar-refractivity contribution is -0.320. The van der Waals surface area contributed by atoms with E-state index in [0.717, 1.165) is 5.56 Å². The van der Waals surface area contributed by atoms with Crippen molar-refractivity contribution in [2.75, 3.05) is 0 Å². The fourth-order valence-electron chi connectivity index (χ4n) is 1.70. The number of rotatable bonds is 5. The van der Waals surface area contributed by atoms with Gasteiger partial charge in [-0.05, 0) is 46.8 Å². The molecule has 1 rings (SSSR count). The molecule has 7 heteroatoms. The third kappa shape index (κ3) is 4.26. The van der Waals surface area contributed by atoms with Crippen molar-refractivity contribution in [3.63, 3.8) is 0 Å². The molecule has 1 aromatic carbocycles. The van der Waals surface area contributed by atoms with E-state index in [9.17, 15) is 18.6 Å². The van der Waals surface area contributed by atoms with Crippen LogP contribution in [0.15, 0.2) is 29.2 Å². The van der Waals surface area contributed by atoms with E-state index in [2.05, 4.69) is 0 Å². The first-order valence-electron chi connectivity index (χ1n) is 6.10. The van der Waals surface area contributed by atoms with E-state index in [1.165, 1.54) is 39.8 Å². The van der Waals surface area contributed by atoms with Crippen LogP contribution in [0.5, 0.6) is 0 Å². The quantitative estimate of drug-likeness (QED) is 0.631. The molecular weight excluding hydrogens is 282 g/mol. The minimum atomic E-state index is -4.14. The monoisotopic (exact) mass is 303 g/mol. The van der Waals surface area contributed by atoms with Crippen LogP contribution < -0.4 is 0 Å². The second kappa shape index (κ2) is 5.42. The molecule has 114 valence electrons. The van der Waals surface area contributed by atoms with Gasteiger partial charge in [0.15, 0.2) is 0 Å². The number of nitrogens with zero attached hydrogens (tertiary/aromatic N) is 1. The third-order valence-electron chi connectivity index (χ3n) is 2.48. The van der Waals surface area contributed by atoms with Crippen molar-refractivity contribution in [3.05, 3.63) is 29.8 Å². The molecule has 0 unspecified atom stereocenters. The summed E-state index contributed by atoms with van der Waals surface area (Å²) < 4.78 is 29.2. The maximum absolute atomic E-state index is 12.2. The van der Waals surface area contributed by atoms with Crippen molar-refractivity contribution < 1.29 is 22.9 Å². The van der Waals surface area contributed by atoms with Crippen molar-refractivity contribution in [1.29, 1.82) is 0 Å². The second-order valence-corrected chi connectivity index (χ2v) is 7.15. The smallest absolute Gasteiger partial charge is 0.313 e. The van der Waals surface area contributed by atoms with Crippen LogP contribution in [-0.2, 0) is 14.4 Å². The molecule has 0 saturated heterocycles. The van der Waals surface area contributed by atoms with Gasteiger partial charge in [0, 0.05) is 0 Å². The molecule has 0 spiro atoms. The standard InChI is InChI=1S/C13H21NO5S/c1-10-6-8-11(9-7-10)20(17,18)19-14(12(2,3)15)13(4,5)16/h6-9,15-16H,1-5H3. The first-order chi connectivity index (χ1) is 8.84. The molecule has 0 radical (unpaired) electrons. The van der Waals surface area contributed by atoms with Crippen molar-refractivity contribution in [2.45, 2.75) is 51.0 Å². The second-order valence-electron chi connectivity index (χ2n) is 5.62. The Kier molecular flexibility index (Phi) is 4.62. The van der Waals surface area contributed by atoms with E-state index in [-0.39, 0.29) is 4.90 Å². The molecule has 0 amide bonds. The van der Waals surface area contributed by atoms with Gasteiger partial charge in [0.2, 0.25) is 0 Å². The van der Waals surface area contributed by atoms with E-state index < -0.39 is 21.6 Å². The van der Waals surface area contributed by atoms with E-state index in [4.69, 9.17) is 4.28 Å². The number of aliphatic hydroxyl groups is 2. The van der Waals surface area contributed by atoms with Gasteiger partial charge in [0.05, 0.1) is 4.90 Å². The Morgan fingerprint density at radius 1 is 1.00 bits per heavy atom. The summed E-state index contributed by atoms with van der Waals surface area (Å²) in [6, 6.07) is 6.07. The molecule has 0 aromatic heterocycles. The van der Waals surface area contributed by atoms with Gasteiger partial charge >= 0.3 is 10.1 Å². The number of hydrogen-bond donors (Lipinski definition) is 2. The molecule has 0 atom stereocenters. The van der Waals surface area contributed by atoms with Gasteiger partial charge < -0.3 is 10.2 Å². The molecule has 1 aromatic rings. The summed E-state index contributed by atoms with van der Waals surface area (Å²) in [5.41, 5.74) is -2.46. The van der Waals surface area contributed by atoms with Gasteiger partial charge in [0.1, 0.15) is 11.4 Å². The predicted molar refractivity (Wildman–Crippen MR) is 73.9 cm³/mol. The van der Waals surface area contributed by atoms with Crippen LogP contribution in [0.3, 0.4) is 0 Å². The fraction of sp³-hybridized carbons (Fsp3) is 0.538. The van der Waals surface area contributed by atoms with E-state index in [0.29, 0.717) is 5.06 Å². The Morgan fingerprint density at radius 2 is 1.40 bits per heavy atom. The minimum absolute atomic E-state index is 0.0541. The Hall–Kier alpha value is -0.990. The molecular formula is C13H21NO5S. The highest BCUT2D eigenvalue weighted by molar-refractivity contribution is 7.86. The largest absolute Gasteiger partial charge is 0.374 e. The third-order valence-corrected chi connectivity index (χ3v) is 3.67. The zero-order valence-corrected chi connectivity index (χ0v) is 13.1. The van der Waals surface area contributed by atoms with Crippen LogP contribution in [-0.4, -0.2) is 35.1 Å². The van der Waals surface area contributed by atoms with Crippen LogP contribution in [0, 0.1) is 6.92 Å². The molecule has 6 nitrogen and oxygen atoms in total. The molecule has 0 aliphatic carbocycles. The van der Waals surface area contributed by atoms with Crippen molar-refractivity contribution in [1.82, 2.24) is 5.06 Å². The highest BCUT2D eigenvalue weighted by Crippen LogP contribution is 2.26. The summed E-state index contributed by atoms with van der Waals surface area (Å²) in [4.78, 5) is -0.0541. The maximum atomic E-state index is 12.2. The zero-order chi connectivity index (χ0) is 15.8. The molecule has 2 N–H and O–H groups in total. The van der Waals surface area contributed by atoms with Crippen molar-refractivity contribution >= 4 is 10.1 Å². The molecule has 0 aliphatic heterocycles. The van der Waals surface area contributed by atoms with Crippen LogP contribution in [0.25, 0.3) is 0 Å². The number of benzene rings is 1. The number of hydrogen-bond acceptors (Lipinski definition) is 6. The van der Waals surface area contributed by atoms with Gasteiger partial charge in [0.25, 0.3) is 0 Å². The average molecular weight is 303 g/mol. The molecule has 0 saturated carbocycles. The van der Waals surface area contributed by atoms with Crippen LogP contribution >= 0.6 is 0 Å². The Balaban J connectivity index is 3.13. The van der Waals surface area contributed by atoms with Crippen LogP contribution in [0.1, 0.15) is 33.3 Å². The first-order valence-corrected chi connectivity index (χ1v) is 7.51. The summed E-state index contributed by atoms with van der Waals surface area (Å²) in [5.74, 6) is 0. The summed E-state index contributed by atoms with van der Waals surface area (Å²) in [7, 11) is -4.14. The predicted octanol–water partition coefficient (Wildman–Crippen LogP) is 1.37. The highest BCUT2D eigenvalue weighted by Gasteiger charge is 2.40. The summed E-state index contributed by atoms with van der Waals surface area (Å²) in [6.07, 6.45) is 0. The molecule has 0 heterocycles. The van der Waals surface area contributed by atoms with Gasteiger partial charge in [-0.2, -0.15) is 12.7 Å². The van der Waals surface area contributed by atoms with E-state index >= 15 is 0 Å². The van der Waals surface area contributed by atoms with Gasteiger partial charge in [-0.3, -0.25) is 0 Å². The lowest BCUT2D eigenvalue weighted by atomic mass is 10.2. The zero-order valence-electron chi connectivity index (χ0n) is 12.3. The first kappa shape index (κ1) is 17.1. The minimum Gasteiger partial charge on any atom is -0.374 e. The summed E-state index contributed by atoms with van der Waals surface area (Å²) in [5, 5.41) is 20.5. The molecule has 0 aliphatic rings. The van der Waals surface area contributed by atoms with Gasteiger partial charge in [-0.15, -0.1) is 5.06 Å². The van der Waals surface area contributed by atoms with Crippen molar-refractivity contribution in [2.24, 2.45) is 0 Å². The summed E-state index contributed by atoms with van der Waals surface area (Å²) >= 11 is 0. The molecule has 0 bridgehead atoms. The molecule has 0 fully saturated rings. The lowest BCUT2D eigenvalue weighted by Crippen LogP contribution is -2.56. The fourth-order valence-corrected chi connectivity index (χ4v) is 2.81. The Labute approximate surface area is 119 Å². The Bertz CT molecular complexity index is 538. The average Bonchev–Trinajstić information content (AvgIpc) is 2.23.